The average Bonchev–Trinajstić information content (AvgIpc) is 3.62. The molecule has 4 N–H and O–H groups in total. The van der Waals surface area contributed by atoms with E-state index in [-0.39, 0.29) is 28.6 Å². The normalized spacial score (nSPS) is 13.5. The third-order valence-electron chi connectivity index (χ3n) is 6.63. The second-order valence-corrected chi connectivity index (χ2v) is 11.6. The number of rotatable bonds is 8. The third kappa shape index (κ3) is 4.86. The molecule has 1 aliphatic carbocycles. The molecule has 0 unspecified atom stereocenters. The van der Waals surface area contributed by atoms with Crippen molar-refractivity contribution >= 4 is 38.2 Å². The molecule has 0 saturated heterocycles. The number of benzene rings is 2. The number of hydrogen-bond acceptors (Lipinski definition) is 7. The van der Waals surface area contributed by atoms with Gasteiger partial charge in [-0.05, 0) is 55.7 Å². The molecule has 1 saturated carbocycles. The van der Waals surface area contributed by atoms with Crippen molar-refractivity contribution in [1.29, 1.82) is 0 Å². The first kappa shape index (κ1) is 26.4. The van der Waals surface area contributed by atoms with Crippen LogP contribution >= 0.6 is 0 Å². The van der Waals surface area contributed by atoms with Crippen LogP contribution in [0.1, 0.15) is 34.5 Å². The number of halogens is 3. The van der Waals surface area contributed by atoms with E-state index in [9.17, 15) is 26.4 Å². The summed E-state index contributed by atoms with van der Waals surface area (Å²) < 4.78 is 75.9. The van der Waals surface area contributed by atoms with Gasteiger partial charge in [-0.25, -0.2) is 31.3 Å². The summed E-state index contributed by atoms with van der Waals surface area (Å²) in [6.45, 7) is 1.67. The van der Waals surface area contributed by atoms with Crippen LogP contribution in [0.3, 0.4) is 0 Å². The van der Waals surface area contributed by atoms with Crippen LogP contribution in [0.5, 0.6) is 11.6 Å². The topological polar surface area (TPSA) is 145 Å². The van der Waals surface area contributed by atoms with E-state index in [2.05, 4.69) is 19.8 Å². The van der Waals surface area contributed by atoms with Crippen molar-refractivity contribution in [2.75, 3.05) is 10.5 Å². The molecule has 3 heterocycles. The van der Waals surface area contributed by atoms with E-state index < -0.39 is 44.3 Å². The zero-order valence-electron chi connectivity index (χ0n) is 21.3. The summed E-state index contributed by atoms with van der Waals surface area (Å²) in [6, 6.07) is 8.61. The first-order chi connectivity index (χ1) is 19.5. The minimum atomic E-state index is -3.68. The number of ketones is 1. The highest BCUT2D eigenvalue weighted by Crippen LogP contribution is 2.33. The van der Waals surface area contributed by atoms with E-state index in [1.54, 1.807) is 6.92 Å². The summed E-state index contributed by atoms with van der Waals surface area (Å²) in [4.78, 5) is 20.3. The van der Waals surface area contributed by atoms with Crippen molar-refractivity contribution in [3.8, 4) is 17.3 Å². The second-order valence-electron chi connectivity index (χ2n) is 9.60. The summed E-state index contributed by atoms with van der Waals surface area (Å²) in [6.07, 6.45) is 3.64. The van der Waals surface area contributed by atoms with Crippen molar-refractivity contribution in [3.63, 3.8) is 0 Å². The summed E-state index contributed by atoms with van der Waals surface area (Å²) >= 11 is 0. The minimum absolute atomic E-state index is 0.0172. The number of nitrogens with two attached hydrogens (primary N) is 1. The molecule has 5 aromatic rings. The van der Waals surface area contributed by atoms with Gasteiger partial charge in [-0.3, -0.25) is 9.52 Å². The highest BCUT2D eigenvalue weighted by Gasteiger charge is 2.36. The molecule has 0 amide bonds. The van der Waals surface area contributed by atoms with Crippen molar-refractivity contribution < 1.29 is 31.1 Å². The number of aromatic amines is 1. The van der Waals surface area contributed by atoms with Crippen LogP contribution in [0.25, 0.3) is 16.6 Å². The highest BCUT2D eigenvalue weighted by atomic mass is 32.2. The Morgan fingerprint density at radius 2 is 1.83 bits per heavy atom. The maximum Gasteiger partial charge on any atom is 0.235 e. The SMILES string of the molecule is Cc1cc(Oc2c(F)cccc2F)ncc1-n1ncc(C(=O)c2cc3cc(F)c(NS(=O)(=O)C4CC4)cc3[nH]2)c1N. The van der Waals surface area contributed by atoms with E-state index in [4.69, 9.17) is 10.5 Å². The van der Waals surface area contributed by atoms with Gasteiger partial charge in [-0.1, -0.05) is 6.07 Å². The first-order valence-electron chi connectivity index (χ1n) is 12.3. The number of carbonyl (C=O) groups is 1. The number of pyridine rings is 1. The van der Waals surface area contributed by atoms with Gasteiger partial charge in [-0.2, -0.15) is 5.10 Å². The smallest absolute Gasteiger partial charge is 0.235 e. The van der Waals surface area contributed by atoms with Crippen LogP contribution in [0, 0.1) is 24.4 Å². The molecule has 6 rings (SSSR count). The molecule has 1 fully saturated rings. The van der Waals surface area contributed by atoms with Crippen LogP contribution in [-0.2, 0) is 10.0 Å². The number of nitrogen functional groups attached to an aromatic ring is 1. The Balaban J connectivity index is 1.26. The van der Waals surface area contributed by atoms with E-state index in [1.165, 1.54) is 41.3 Å². The number of anilines is 2. The monoisotopic (exact) mass is 582 g/mol. The molecular formula is C27H21F3N6O4S. The lowest BCUT2D eigenvalue weighted by molar-refractivity contribution is 0.103. The van der Waals surface area contributed by atoms with Crippen molar-refractivity contribution in [2.45, 2.75) is 25.0 Å². The molecule has 0 bridgehead atoms. The van der Waals surface area contributed by atoms with Crippen LogP contribution in [0.4, 0.5) is 24.7 Å². The standard InChI is InChI=1S/C27H21F3N6O4S/c1-13-7-24(40-26-17(28)3-2-4-18(26)29)32-12-23(13)36-27(31)16(11-33-36)25(37)22-9-14-8-19(30)21(10-20(14)34-22)35-41(38,39)15-5-6-15/h2-4,7-12,15,34-35H,5-6,31H2,1H3. The summed E-state index contributed by atoms with van der Waals surface area (Å²) in [5, 5.41) is 4.02. The number of fused-ring (bicyclic) bond motifs is 1. The lowest BCUT2D eigenvalue weighted by Crippen LogP contribution is -2.18. The number of carbonyl (C=O) groups excluding carboxylic acids is 1. The fourth-order valence-corrected chi connectivity index (χ4v) is 5.71. The van der Waals surface area contributed by atoms with Crippen LogP contribution in [0.2, 0.25) is 0 Å². The first-order valence-corrected chi connectivity index (χ1v) is 13.9. The minimum Gasteiger partial charge on any atom is -0.433 e. The Labute approximate surface area is 231 Å². The van der Waals surface area contributed by atoms with E-state index in [1.807, 2.05) is 0 Å². The lowest BCUT2D eigenvalue weighted by Gasteiger charge is -2.11. The number of H-pyrrole nitrogens is 1. The number of hydrogen-bond donors (Lipinski definition) is 3. The Morgan fingerprint density at radius 1 is 1.10 bits per heavy atom. The molecule has 3 aromatic heterocycles. The highest BCUT2D eigenvalue weighted by molar-refractivity contribution is 7.93. The van der Waals surface area contributed by atoms with Crippen molar-refractivity contribution in [3.05, 3.63) is 89.1 Å². The Kier molecular flexibility index (Phi) is 6.21. The number of sulfonamides is 1. The molecule has 10 nitrogen and oxygen atoms in total. The molecular weight excluding hydrogens is 561 g/mol. The molecule has 210 valence electrons. The number of nitrogens with one attached hydrogen (secondary N) is 2. The molecule has 0 radical (unpaired) electrons. The molecule has 2 aromatic carbocycles. The van der Waals surface area contributed by atoms with Gasteiger partial charge in [0.05, 0.1) is 40.3 Å². The summed E-state index contributed by atoms with van der Waals surface area (Å²) in [7, 11) is -3.68. The zero-order chi connectivity index (χ0) is 29.1. The quantitative estimate of drug-likeness (QED) is 0.219. The predicted molar refractivity (Wildman–Crippen MR) is 144 cm³/mol. The number of ether oxygens (including phenoxy) is 1. The van der Waals surface area contributed by atoms with Crippen LogP contribution < -0.4 is 15.2 Å². The summed E-state index contributed by atoms with van der Waals surface area (Å²) in [5.41, 5.74) is 7.42. The third-order valence-corrected chi connectivity index (χ3v) is 8.48. The summed E-state index contributed by atoms with van der Waals surface area (Å²) in [5.74, 6) is -3.76. The van der Waals surface area contributed by atoms with Gasteiger partial charge in [0.25, 0.3) is 0 Å². The maximum atomic E-state index is 14.6. The Hall–Kier alpha value is -4.85. The molecule has 0 aliphatic heterocycles. The molecule has 41 heavy (non-hydrogen) atoms. The van der Waals surface area contributed by atoms with Gasteiger partial charge in [0.2, 0.25) is 27.4 Å². The number of para-hydroxylation sites is 1. The van der Waals surface area contributed by atoms with Gasteiger partial charge in [0.1, 0.15) is 11.6 Å². The van der Waals surface area contributed by atoms with Crippen molar-refractivity contribution in [2.24, 2.45) is 0 Å². The zero-order valence-corrected chi connectivity index (χ0v) is 22.1. The fraction of sp³-hybridized carbons (Fsp3) is 0.148. The van der Waals surface area contributed by atoms with Crippen molar-refractivity contribution in [1.82, 2.24) is 19.7 Å². The van der Waals surface area contributed by atoms with Crippen LogP contribution in [-0.4, -0.2) is 39.2 Å². The number of aromatic nitrogens is 4. The average molecular weight is 583 g/mol. The molecule has 0 spiro atoms. The molecule has 1 aliphatic rings. The van der Waals surface area contributed by atoms with Crippen LogP contribution in [0.15, 0.2) is 54.9 Å². The number of nitrogens with zero attached hydrogens (tertiary/aromatic N) is 3. The largest absolute Gasteiger partial charge is 0.433 e. The maximum absolute atomic E-state index is 14.6. The predicted octanol–water partition coefficient (Wildman–Crippen LogP) is 4.98. The van der Waals surface area contributed by atoms with E-state index in [0.29, 0.717) is 35.0 Å². The Bertz CT molecular complexity index is 1950. The lowest BCUT2D eigenvalue weighted by atomic mass is 10.1. The van der Waals surface area contributed by atoms with Gasteiger partial charge in [0, 0.05) is 17.0 Å². The molecule has 14 heteroatoms. The molecule has 0 atom stereocenters. The number of aryl methyl sites for hydroxylation is 1. The van der Waals surface area contributed by atoms with Gasteiger partial charge in [-0.15, -0.1) is 0 Å². The fourth-order valence-electron chi connectivity index (χ4n) is 4.32. The van der Waals surface area contributed by atoms with Gasteiger partial charge >= 0.3 is 0 Å². The van der Waals surface area contributed by atoms with Gasteiger partial charge in [0.15, 0.2) is 11.6 Å². The second kappa shape index (κ2) is 9.66. The van der Waals surface area contributed by atoms with Gasteiger partial charge < -0.3 is 15.5 Å². The van der Waals surface area contributed by atoms with E-state index >= 15 is 0 Å². The van der Waals surface area contributed by atoms with E-state index in [0.717, 1.165) is 18.2 Å². The Morgan fingerprint density at radius 3 is 2.51 bits per heavy atom.